The van der Waals surface area contributed by atoms with E-state index in [2.05, 4.69) is 21.0 Å². The van der Waals surface area contributed by atoms with Crippen molar-refractivity contribution in [2.45, 2.75) is 26.8 Å². The van der Waals surface area contributed by atoms with Gasteiger partial charge in [-0.2, -0.15) is 5.10 Å². The van der Waals surface area contributed by atoms with Gasteiger partial charge in [0, 0.05) is 11.6 Å². The van der Waals surface area contributed by atoms with Gasteiger partial charge in [-0.1, -0.05) is 6.07 Å². The first-order valence-electron chi connectivity index (χ1n) is 6.12. The summed E-state index contributed by atoms with van der Waals surface area (Å²) in [5.74, 6) is 0.788. The molecule has 0 amide bonds. The lowest BCUT2D eigenvalue weighted by Gasteiger charge is -2.17. The quantitative estimate of drug-likeness (QED) is 0.943. The fourth-order valence-electron chi connectivity index (χ4n) is 2.21. The van der Waals surface area contributed by atoms with Crippen molar-refractivity contribution in [1.29, 1.82) is 0 Å². The van der Waals surface area contributed by atoms with Gasteiger partial charge in [0.25, 0.3) is 0 Å². The number of hydrogen-bond acceptors (Lipinski definition) is 3. The molecule has 19 heavy (non-hydrogen) atoms. The predicted molar refractivity (Wildman–Crippen MR) is 79.9 cm³/mol. The van der Waals surface area contributed by atoms with Gasteiger partial charge in [-0.3, -0.25) is 0 Å². The van der Waals surface area contributed by atoms with Gasteiger partial charge in [0.1, 0.15) is 5.75 Å². The van der Waals surface area contributed by atoms with Crippen LogP contribution in [0.15, 0.2) is 22.7 Å². The molecule has 1 heterocycles. The topological polar surface area (TPSA) is 53.1 Å². The highest BCUT2D eigenvalue weighted by Gasteiger charge is 2.18. The van der Waals surface area contributed by atoms with Crippen molar-refractivity contribution >= 4 is 15.9 Å². The molecule has 102 valence electrons. The van der Waals surface area contributed by atoms with Crippen LogP contribution in [-0.4, -0.2) is 16.9 Å². The monoisotopic (exact) mass is 323 g/mol. The van der Waals surface area contributed by atoms with Crippen molar-refractivity contribution in [3.05, 3.63) is 39.6 Å². The highest BCUT2D eigenvalue weighted by Crippen LogP contribution is 2.32. The Bertz CT molecular complexity index is 605. The largest absolute Gasteiger partial charge is 0.496 e. The van der Waals surface area contributed by atoms with Gasteiger partial charge in [-0.15, -0.1) is 0 Å². The lowest BCUT2D eigenvalue weighted by atomic mass is 10.1. The van der Waals surface area contributed by atoms with Crippen LogP contribution in [0.2, 0.25) is 0 Å². The molecule has 0 aliphatic heterocycles. The van der Waals surface area contributed by atoms with Gasteiger partial charge in [0.05, 0.1) is 28.7 Å². The molecule has 4 nitrogen and oxygen atoms in total. The van der Waals surface area contributed by atoms with E-state index in [4.69, 9.17) is 10.5 Å². The lowest BCUT2D eigenvalue weighted by Crippen LogP contribution is -2.13. The smallest absolute Gasteiger partial charge is 0.125 e. The number of rotatable bonds is 3. The molecule has 0 radical (unpaired) electrons. The maximum Gasteiger partial charge on any atom is 0.125 e. The van der Waals surface area contributed by atoms with E-state index in [9.17, 15) is 0 Å². The van der Waals surface area contributed by atoms with Crippen molar-refractivity contribution in [3.8, 4) is 11.4 Å². The molecule has 0 spiro atoms. The minimum Gasteiger partial charge on any atom is -0.496 e. The molecule has 1 atom stereocenters. The van der Waals surface area contributed by atoms with Crippen LogP contribution in [0.4, 0.5) is 0 Å². The van der Waals surface area contributed by atoms with Crippen molar-refractivity contribution in [2.75, 3.05) is 7.11 Å². The van der Waals surface area contributed by atoms with E-state index in [1.165, 1.54) is 0 Å². The van der Waals surface area contributed by atoms with E-state index in [0.717, 1.165) is 32.9 Å². The fourth-order valence-corrected chi connectivity index (χ4v) is 2.46. The molecule has 0 saturated heterocycles. The van der Waals surface area contributed by atoms with Crippen LogP contribution < -0.4 is 10.5 Å². The average Bonchev–Trinajstić information content (AvgIpc) is 2.65. The normalized spacial score (nSPS) is 12.5. The standard InChI is InChI=1S/C14H18BrN3O/c1-8(16)13-11(6-5-7-12(13)19-4)18-10(3)14(15)9(2)17-18/h5-8H,16H2,1-4H3/t8-/m1/s1. The maximum absolute atomic E-state index is 6.09. The minimum absolute atomic E-state index is 0.131. The molecule has 0 unspecified atom stereocenters. The minimum atomic E-state index is -0.131. The Kier molecular flexibility index (Phi) is 3.96. The van der Waals surface area contributed by atoms with Crippen LogP contribution in [0, 0.1) is 13.8 Å². The van der Waals surface area contributed by atoms with Crippen molar-refractivity contribution < 1.29 is 4.74 Å². The van der Waals surface area contributed by atoms with Crippen LogP contribution in [0.25, 0.3) is 5.69 Å². The zero-order valence-electron chi connectivity index (χ0n) is 11.6. The number of methoxy groups -OCH3 is 1. The van der Waals surface area contributed by atoms with Crippen LogP contribution in [0.1, 0.15) is 29.9 Å². The molecule has 0 bridgehead atoms. The van der Waals surface area contributed by atoms with E-state index in [1.54, 1.807) is 7.11 Å². The highest BCUT2D eigenvalue weighted by molar-refractivity contribution is 9.10. The van der Waals surface area contributed by atoms with Crippen LogP contribution >= 0.6 is 15.9 Å². The SMILES string of the molecule is COc1cccc(-n2nc(C)c(Br)c2C)c1[C@@H](C)N. The van der Waals surface area contributed by atoms with Crippen molar-refractivity contribution in [3.63, 3.8) is 0 Å². The first kappa shape index (κ1) is 14.1. The summed E-state index contributed by atoms with van der Waals surface area (Å²) in [7, 11) is 1.65. The Morgan fingerprint density at radius 1 is 1.37 bits per heavy atom. The molecular formula is C14H18BrN3O. The maximum atomic E-state index is 6.09. The van der Waals surface area contributed by atoms with Crippen LogP contribution in [-0.2, 0) is 0 Å². The van der Waals surface area contributed by atoms with Crippen molar-refractivity contribution in [1.82, 2.24) is 9.78 Å². The number of benzene rings is 1. The first-order valence-corrected chi connectivity index (χ1v) is 6.91. The molecule has 0 aliphatic carbocycles. The van der Waals surface area contributed by atoms with E-state index in [1.807, 2.05) is 43.7 Å². The summed E-state index contributed by atoms with van der Waals surface area (Å²) in [4.78, 5) is 0. The predicted octanol–water partition coefficient (Wildman–Crippen LogP) is 3.28. The first-order chi connectivity index (χ1) is 8.97. The zero-order chi connectivity index (χ0) is 14.2. The fraction of sp³-hybridized carbons (Fsp3) is 0.357. The molecule has 0 saturated carbocycles. The number of halogens is 1. The van der Waals surface area contributed by atoms with Crippen LogP contribution in [0.5, 0.6) is 5.75 Å². The number of ether oxygens (including phenoxy) is 1. The summed E-state index contributed by atoms with van der Waals surface area (Å²) in [5.41, 5.74) is 10.0. The van der Waals surface area contributed by atoms with Gasteiger partial charge in [0.2, 0.25) is 0 Å². The second-order valence-corrected chi connectivity index (χ2v) is 5.37. The van der Waals surface area contributed by atoms with Gasteiger partial charge < -0.3 is 10.5 Å². The highest BCUT2D eigenvalue weighted by atomic mass is 79.9. The summed E-state index contributed by atoms with van der Waals surface area (Å²) in [5, 5.41) is 4.56. The second-order valence-electron chi connectivity index (χ2n) is 4.58. The second kappa shape index (κ2) is 5.35. The van der Waals surface area contributed by atoms with Gasteiger partial charge in [-0.25, -0.2) is 4.68 Å². The summed E-state index contributed by atoms with van der Waals surface area (Å²) in [6, 6.07) is 5.74. The molecule has 2 aromatic rings. The Labute approximate surface area is 121 Å². The van der Waals surface area contributed by atoms with E-state index < -0.39 is 0 Å². The average molecular weight is 324 g/mol. The Morgan fingerprint density at radius 2 is 2.05 bits per heavy atom. The van der Waals surface area contributed by atoms with Crippen molar-refractivity contribution in [2.24, 2.45) is 5.73 Å². The number of aryl methyl sites for hydroxylation is 1. The third kappa shape index (κ3) is 2.40. The van der Waals surface area contributed by atoms with Gasteiger partial charge in [0.15, 0.2) is 0 Å². The number of aromatic nitrogens is 2. The van der Waals surface area contributed by atoms with Gasteiger partial charge >= 0.3 is 0 Å². The summed E-state index contributed by atoms with van der Waals surface area (Å²) in [6.07, 6.45) is 0. The molecule has 1 aromatic heterocycles. The molecular weight excluding hydrogens is 306 g/mol. The lowest BCUT2D eigenvalue weighted by molar-refractivity contribution is 0.406. The zero-order valence-corrected chi connectivity index (χ0v) is 13.2. The van der Waals surface area contributed by atoms with E-state index in [0.29, 0.717) is 0 Å². The van der Waals surface area contributed by atoms with E-state index >= 15 is 0 Å². The molecule has 2 rings (SSSR count). The van der Waals surface area contributed by atoms with Gasteiger partial charge in [-0.05, 0) is 48.8 Å². The molecule has 0 aliphatic rings. The number of nitrogens with zero attached hydrogens (tertiary/aromatic N) is 2. The molecule has 2 N–H and O–H groups in total. The van der Waals surface area contributed by atoms with Crippen LogP contribution in [0.3, 0.4) is 0 Å². The third-order valence-electron chi connectivity index (χ3n) is 3.15. The summed E-state index contributed by atoms with van der Waals surface area (Å²) in [6.45, 7) is 5.94. The molecule has 5 heteroatoms. The number of hydrogen-bond donors (Lipinski definition) is 1. The summed E-state index contributed by atoms with van der Waals surface area (Å²) < 4.78 is 8.34. The Hall–Kier alpha value is -1.33. The number of nitrogens with two attached hydrogens (primary N) is 1. The molecule has 1 aromatic carbocycles. The Morgan fingerprint density at radius 3 is 2.53 bits per heavy atom. The third-order valence-corrected chi connectivity index (χ3v) is 4.30. The molecule has 0 fully saturated rings. The van der Waals surface area contributed by atoms with E-state index in [-0.39, 0.29) is 6.04 Å². The Balaban J connectivity index is 2.71. The summed E-state index contributed by atoms with van der Waals surface area (Å²) >= 11 is 3.55.